The van der Waals surface area contributed by atoms with E-state index in [9.17, 15) is 5.11 Å². The Bertz CT molecular complexity index is 684. The van der Waals surface area contributed by atoms with Crippen molar-refractivity contribution in [3.05, 3.63) is 0 Å². The second-order valence-corrected chi connectivity index (χ2v) is 13.0. The van der Waals surface area contributed by atoms with E-state index in [1.807, 2.05) is 0 Å². The van der Waals surface area contributed by atoms with E-state index in [2.05, 4.69) is 27.7 Å². The number of ether oxygens (including phenoxy) is 2. The summed E-state index contributed by atoms with van der Waals surface area (Å²) >= 11 is 0. The van der Waals surface area contributed by atoms with Gasteiger partial charge in [-0.3, -0.25) is 0 Å². The first-order valence-electron chi connectivity index (χ1n) is 13.3. The highest BCUT2D eigenvalue weighted by atomic mass is 16.7. The van der Waals surface area contributed by atoms with Gasteiger partial charge in [0.15, 0.2) is 5.79 Å². The quantitative estimate of drug-likeness (QED) is 0.543. The molecule has 2 heterocycles. The third kappa shape index (κ3) is 2.49. The molecule has 6 aliphatic rings. The lowest BCUT2D eigenvalue weighted by Gasteiger charge is -2.62. The van der Waals surface area contributed by atoms with Gasteiger partial charge in [-0.1, -0.05) is 40.5 Å². The predicted octanol–water partition coefficient (Wildman–Crippen LogP) is 5.79. The first kappa shape index (κ1) is 20.5. The number of hydrogen-bond acceptors (Lipinski definition) is 3. The number of aliphatic hydroxyl groups is 1. The highest BCUT2D eigenvalue weighted by Gasteiger charge is 2.71. The van der Waals surface area contributed by atoms with Crippen LogP contribution in [0, 0.1) is 52.3 Å². The van der Waals surface area contributed by atoms with Gasteiger partial charge in [0.1, 0.15) is 0 Å². The van der Waals surface area contributed by atoms with E-state index < -0.39 is 0 Å². The van der Waals surface area contributed by atoms with E-state index in [0.29, 0.717) is 29.1 Å². The standard InChI is InChI=1S/C27H44O3/c1-16-10-12-27(29-15-16)17(2)24-22(30-27)13-21-19-9-8-18-7-5-6-11-25(18,3)20(19)14-23(28)26(21,24)4/h16-24,28H,5-15H2,1-4H3. The van der Waals surface area contributed by atoms with Crippen LogP contribution in [-0.2, 0) is 9.47 Å². The van der Waals surface area contributed by atoms with Crippen LogP contribution in [0.4, 0.5) is 0 Å². The molecule has 30 heavy (non-hydrogen) atoms. The maximum absolute atomic E-state index is 11.8. The number of rotatable bonds is 0. The zero-order valence-electron chi connectivity index (χ0n) is 19.7. The molecule has 0 amide bonds. The number of fused-ring (bicyclic) bond motifs is 7. The summed E-state index contributed by atoms with van der Waals surface area (Å²) in [4.78, 5) is 0. The van der Waals surface area contributed by atoms with Crippen LogP contribution in [0.2, 0.25) is 0 Å². The van der Waals surface area contributed by atoms with Gasteiger partial charge in [0.2, 0.25) is 0 Å². The second kappa shape index (κ2) is 6.70. The van der Waals surface area contributed by atoms with Crippen molar-refractivity contribution in [1.82, 2.24) is 0 Å². The third-order valence-electron chi connectivity index (χ3n) is 12.0. The van der Waals surface area contributed by atoms with E-state index >= 15 is 0 Å². The van der Waals surface area contributed by atoms with Crippen LogP contribution in [0.5, 0.6) is 0 Å². The van der Waals surface area contributed by atoms with Crippen molar-refractivity contribution in [3.63, 3.8) is 0 Å². The molecular formula is C27H44O3. The van der Waals surface area contributed by atoms with E-state index in [0.717, 1.165) is 43.6 Å². The van der Waals surface area contributed by atoms with Crippen molar-refractivity contribution in [2.24, 2.45) is 52.3 Å². The number of hydrogen-bond donors (Lipinski definition) is 1. The highest BCUT2D eigenvalue weighted by Crippen LogP contribution is 2.71. The van der Waals surface area contributed by atoms with Gasteiger partial charge >= 0.3 is 0 Å². The van der Waals surface area contributed by atoms with E-state index in [-0.39, 0.29) is 23.4 Å². The van der Waals surface area contributed by atoms with Gasteiger partial charge in [-0.05, 0) is 80.0 Å². The average molecular weight is 417 g/mol. The molecule has 2 aliphatic heterocycles. The highest BCUT2D eigenvalue weighted by molar-refractivity contribution is 5.17. The molecule has 3 nitrogen and oxygen atoms in total. The first-order valence-corrected chi connectivity index (χ1v) is 13.3. The lowest BCUT2D eigenvalue weighted by molar-refractivity contribution is -0.274. The minimum Gasteiger partial charge on any atom is -0.393 e. The topological polar surface area (TPSA) is 38.7 Å². The molecule has 0 aromatic rings. The van der Waals surface area contributed by atoms with Crippen molar-refractivity contribution in [3.8, 4) is 0 Å². The molecule has 0 bridgehead atoms. The number of aliphatic hydroxyl groups excluding tert-OH is 1. The van der Waals surface area contributed by atoms with Gasteiger partial charge < -0.3 is 14.6 Å². The third-order valence-corrected chi connectivity index (χ3v) is 12.0. The summed E-state index contributed by atoms with van der Waals surface area (Å²) in [6, 6.07) is 0. The van der Waals surface area contributed by atoms with Crippen molar-refractivity contribution in [2.75, 3.05) is 6.61 Å². The molecule has 2 saturated heterocycles. The van der Waals surface area contributed by atoms with Gasteiger partial charge in [0.05, 0.1) is 18.8 Å². The zero-order chi connectivity index (χ0) is 20.9. The maximum Gasteiger partial charge on any atom is 0.171 e. The van der Waals surface area contributed by atoms with Crippen LogP contribution in [0.25, 0.3) is 0 Å². The molecule has 4 aliphatic carbocycles. The monoisotopic (exact) mass is 416 g/mol. The Morgan fingerprint density at radius 2 is 1.73 bits per heavy atom. The molecule has 1 spiro atoms. The summed E-state index contributed by atoms with van der Waals surface area (Å²) in [7, 11) is 0. The van der Waals surface area contributed by atoms with Crippen LogP contribution in [0.3, 0.4) is 0 Å². The van der Waals surface area contributed by atoms with Gasteiger partial charge in [0, 0.05) is 23.7 Å². The lowest BCUT2D eigenvalue weighted by atomic mass is 9.44. The summed E-state index contributed by atoms with van der Waals surface area (Å²) in [5, 5.41) is 11.8. The molecule has 6 rings (SSSR count). The molecule has 0 radical (unpaired) electrons. The molecular weight excluding hydrogens is 372 g/mol. The van der Waals surface area contributed by atoms with Crippen molar-refractivity contribution >= 4 is 0 Å². The van der Waals surface area contributed by atoms with Gasteiger partial charge in [-0.25, -0.2) is 0 Å². The second-order valence-electron chi connectivity index (χ2n) is 13.0. The van der Waals surface area contributed by atoms with Crippen LogP contribution < -0.4 is 0 Å². The van der Waals surface area contributed by atoms with Gasteiger partial charge in [-0.2, -0.15) is 0 Å². The normalized spacial score (nSPS) is 62.5. The minimum absolute atomic E-state index is 0.000956. The largest absolute Gasteiger partial charge is 0.393 e. The lowest BCUT2D eigenvalue weighted by Crippen LogP contribution is -2.59. The SMILES string of the molecule is CC1CCC2(OC1)OC1CC3C4CCC5CCCCC5(C)C4CC(O)C3(C)C1C2C. The molecule has 0 aromatic heterocycles. The Morgan fingerprint density at radius 3 is 2.50 bits per heavy atom. The van der Waals surface area contributed by atoms with E-state index in [1.54, 1.807) is 0 Å². The van der Waals surface area contributed by atoms with Gasteiger partial charge in [-0.15, -0.1) is 0 Å². The molecule has 12 unspecified atom stereocenters. The van der Waals surface area contributed by atoms with Crippen LogP contribution in [0.1, 0.15) is 91.9 Å². The first-order chi connectivity index (χ1) is 14.3. The molecule has 170 valence electrons. The molecule has 6 fully saturated rings. The predicted molar refractivity (Wildman–Crippen MR) is 118 cm³/mol. The smallest absolute Gasteiger partial charge is 0.171 e. The summed E-state index contributed by atoms with van der Waals surface area (Å²) < 4.78 is 13.3. The summed E-state index contributed by atoms with van der Waals surface area (Å²) in [6.07, 6.45) is 13.0. The van der Waals surface area contributed by atoms with Crippen molar-refractivity contribution < 1.29 is 14.6 Å². The summed E-state index contributed by atoms with van der Waals surface area (Å²) in [5.41, 5.74) is 0.469. The van der Waals surface area contributed by atoms with Crippen LogP contribution in [0.15, 0.2) is 0 Å². The molecule has 4 saturated carbocycles. The van der Waals surface area contributed by atoms with Crippen LogP contribution >= 0.6 is 0 Å². The Balaban J connectivity index is 1.31. The van der Waals surface area contributed by atoms with E-state index in [1.165, 1.54) is 44.9 Å². The average Bonchev–Trinajstić information content (AvgIpc) is 3.17. The Morgan fingerprint density at radius 1 is 0.900 bits per heavy atom. The Hall–Kier alpha value is -0.120. The fourth-order valence-electron chi connectivity index (χ4n) is 10.3. The molecule has 12 atom stereocenters. The molecule has 3 heteroatoms. The maximum atomic E-state index is 11.8. The summed E-state index contributed by atoms with van der Waals surface area (Å²) in [6.45, 7) is 10.5. The Kier molecular flexibility index (Phi) is 4.58. The minimum atomic E-state index is -0.376. The van der Waals surface area contributed by atoms with Gasteiger partial charge in [0.25, 0.3) is 0 Å². The summed E-state index contributed by atoms with van der Waals surface area (Å²) in [5.74, 6) is 4.15. The van der Waals surface area contributed by atoms with Crippen molar-refractivity contribution in [2.45, 2.75) is 110 Å². The van der Waals surface area contributed by atoms with Crippen molar-refractivity contribution in [1.29, 1.82) is 0 Å². The molecule has 1 N–H and O–H groups in total. The van der Waals surface area contributed by atoms with E-state index in [4.69, 9.17) is 9.47 Å². The zero-order valence-corrected chi connectivity index (χ0v) is 19.7. The van der Waals surface area contributed by atoms with Crippen LogP contribution in [-0.4, -0.2) is 29.7 Å². The fourth-order valence-corrected chi connectivity index (χ4v) is 10.3. The molecule has 0 aromatic carbocycles. The Labute approximate surface area is 183 Å². The fraction of sp³-hybridized carbons (Fsp3) is 1.00.